The molecular weight excluding hydrogens is 226 g/mol. The van der Waals surface area contributed by atoms with E-state index >= 15 is 0 Å². The van der Waals surface area contributed by atoms with Crippen molar-refractivity contribution in [3.05, 3.63) is 28.8 Å². The average Bonchev–Trinajstić information content (AvgIpc) is 2.26. The number of hydrogen-bond acceptors (Lipinski definition) is 3. The fourth-order valence-corrected chi connectivity index (χ4v) is 1.78. The molecule has 0 aliphatic heterocycles. The Bertz CT molecular complexity index is 355. The van der Waals surface area contributed by atoms with E-state index in [0.29, 0.717) is 5.02 Å². The summed E-state index contributed by atoms with van der Waals surface area (Å²) >= 11 is 6.07. The molecule has 1 rings (SSSR count). The second kappa shape index (κ2) is 5.53. The van der Waals surface area contributed by atoms with Gasteiger partial charge in [0.15, 0.2) is 0 Å². The molecule has 16 heavy (non-hydrogen) atoms. The molecule has 0 bridgehead atoms. The van der Waals surface area contributed by atoms with Gasteiger partial charge in [0.2, 0.25) is 0 Å². The van der Waals surface area contributed by atoms with Crippen LogP contribution in [0.1, 0.15) is 25.5 Å². The largest absolute Gasteiger partial charge is 0.394 e. The number of rotatable bonds is 4. The van der Waals surface area contributed by atoms with Crippen LogP contribution in [0, 0.1) is 0 Å². The third-order valence-electron chi connectivity index (χ3n) is 2.77. The number of aliphatic hydroxyl groups excluding tert-OH is 2. The summed E-state index contributed by atoms with van der Waals surface area (Å²) in [5, 5.41) is 19.1. The maximum Gasteiger partial charge on any atom is 0.0776 e. The highest BCUT2D eigenvalue weighted by atomic mass is 35.5. The first kappa shape index (κ1) is 13.3. The maximum atomic E-state index is 9.45. The van der Waals surface area contributed by atoms with Gasteiger partial charge in [-0.15, -0.1) is 0 Å². The Kier molecular flexibility index (Phi) is 4.59. The van der Waals surface area contributed by atoms with E-state index in [2.05, 4.69) is 0 Å². The number of benzene rings is 1. The van der Waals surface area contributed by atoms with E-state index in [1.807, 2.05) is 31.0 Å². The smallest absolute Gasteiger partial charge is 0.0776 e. The zero-order chi connectivity index (χ0) is 12.3. The summed E-state index contributed by atoms with van der Waals surface area (Å²) in [6.07, 6.45) is -0.567. The van der Waals surface area contributed by atoms with Crippen LogP contribution < -0.4 is 4.90 Å². The quantitative estimate of drug-likeness (QED) is 0.852. The Morgan fingerprint density at radius 3 is 2.44 bits per heavy atom. The minimum absolute atomic E-state index is 0.0356. The molecule has 0 aromatic heterocycles. The number of anilines is 1. The minimum Gasteiger partial charge on any atom is -0.394 e. The van der Waals surface area contributed by atoms with Gasteiger partial charge in [-0.1, -0.05) is 17.7 Å². The second-order valence-electron chi connectivity index (χ2n) is 4.02. The van der Waals surface area contributed by atoms with Gasteiger partial charge in [-0.2, -0.15) is 0 Å². The van der Waals surface area contributed by atoms with Crippen molar-refractivity contribution < 1.29 is 10.2 Å². The molecule has 2 unspecified atom stereocenters. The fourth-order valence-electron chi connectivity index (χ4n) is 1.45. The van der Waals surface area contributed by atoms with Crippen molar-refractivity contribution >= 4 is 17.3 Å². The fraction of sp³-hybridized carbons (Fsp3) is 0.500. The van der Waals surface area contributed by atoms with Gasteiger partial charge in [-0.05, 0) is 31.5 Å². The minimum atomic E-state index is -0.567. The molecule has 0 aliphatic rings. The molecule has 90 valence electrons. The lowest BCUT2D eigenvalue weighted by molar-refractivity contribution is 0.199. The number of likely N-dealkylation sites (N-methyl/N-ethyl adjacent to an activating group) is 1. The van der Waals surface area contributed by atoms with Gasteiger partial charge in [-0.25, -0.2) is 0 Å². The van der Waals surface area contributed by atoms with Gasteiger partial charge in [0.25, 0.3) is 0 Å². The molecule has 2 N–H and O–H groups in total. The molecule has 0 spiro atoms. The molecule has 0 aliphatic carbocycles. The van der Waals surface area contributed by atoms with E-state index in [1.165, 1.54) is 0 Å². The molecule has 0 radical (unpaired) electrons. The molecular formula is C12H18ClNO2. The monoisotopic (exact) mass is 243 g/mol. The van der Waals surface area contributed by atoms with Crippen LogP contribution in [-0.4, -0.2) is 29.9 Å². The van der Waals surface area contributed by atoms with Crippen LogP contribution in [0.25, 0.3) is 0 Å². The number of nitrogens with zero attached hydrogens (tertiary/aromatic N) is 1. The van der Waals surface area contributed by atoms with Crippen LogP contribution in [0.2, 0.25) is 5.02 Å². The summed E-state index contributed by atoms with van der Waals surface area (Å²) in [5.41, 5.74) is 1.64. The van der Waals surface area contributed by atoms with E-state index in [-0.39, 0.29) is 12.6 Å². The normalized spacial score (nSPS) is 14.6. The number of aliphatic hydroxyl groups is 2. The highest BCUT2D eigenvalue weighted by Crippen LogP contribution is 2.28. The summed E-state index contributed by atoms with van der Waals surface area (Å²) in [4.78, 5) is 1.94. The lowest BCUT2D eigenvalue weighted by Crippen LogP contribution is -2.31. The highest BCUT2D eigenvalue weighted by Gasteiger charge is 2.12. The third-order valence-corrected chi connectivity index (χ3v) is 3.09. The first-order valence-electron chi connectivity index (χ1n) is 5.28. The van der Waals surface area contributed by atoms with Gasteiger partial charge in [-0.3, -0.25) is 0 Å². The van der Waals surface area contributed by atoms with E-state index < -0.39 is 6.10 Å². The molecule has 0 heterocycles. The summed E-state index contributed by atoms with van der Waals surface area (Å²) in [5.74, 6) is 0. The summed E-state index contributed by atoms with van der Waals surface area (Å²) in [6, 6.07) is 5.53. The van der Waals surface area contributed by atoms with Crippen LogP contribution in [-0.2, 0) is 0 Å². The van der Waals surface area contributed by atoms with Gasteiger partial charge in [0, 0.05) is 23.8 Å². The molecule has 0 amide bonds. The van der Waals surface area contributed by atoms with Gasteiger partial charge >= 0.3 is 0 Å². The highest BCUT2D eigenvalue weighted by molar-refractivity contribution is 6.31. The first-order chi connectivity index (χ1) is 7.47. The van der Waals surface area contributed by atoms with Gasteiger partial charge in [0.05, 0.1) is 12.7 Å². The Morgan fingerprint density at radius 1 is 1.38 bits per heavy atom. The van der Waals surface area contributed by atoms with Crippen LogP contribution in [0.5, 0.6) is 0 Å². The maximum absolute atomic E-state index is 9.45. The van der Waals surface area contributed by atoms with E-state index in [9.17, 15) is 5.11 Å². The Hall–Kier alpha value is -0.770. The predicted molar refractivity (Wildman–Crippen MR) is 67.0 cm³/mol. The third kappa shape index (κ3) is 2.88. The molecule has 2 atom stereocenters. The van der Waals surface area contributed by atoms with Crippen molar-refractivity contribution in [3.63, 3.8) is 0 Å². The SMILES string of the molecule is CC(O)c1ccc(N(C)C(C)CO)cc1Cl. The van der Waals surface area contributed by atoms with E-state index in [4.69, 9.17) is 16.7 Å². The van der Waals surface area contributed by atoms with Gasteiger partial charge < -0.3 is 15.1 Å². The van der Waals surface area contributed by atoms with Crippen molar-refractivity contribution in [2.45, 2.75) is 26.0 Å². The topological polar surface area (TPSA) is 43.7 Å². The molecule has 0 saturated heterocycles. The van der Waals surface area contributed by atoms with E-state index in [1.54, 1.807) is 13.0 Å². The standard InChI is InChI=1S/C12H18ClNO2/c1-8(7-15)14(3)10-4-5-11(9(2)16)12(13)6-10/h4-6,8-9,15-16H,7H2,1-3H3. The zero-order valence-corrected chi connectivity index (χ0v) is 10.6. The van der Waals surface area contributed by atoms with Crippen LogP contribution in [0.3, 0.4) is 0 Å². The van der Waals surface area contributed by atoms with E-state index in [0.717, 1.165) is 11.3 Å². The van der Waals surface area contributed by atoms with Crippen LogP contribution in [0.4, 0.5) is 5.69 Å². The number of hydrogen-bond donors (Lipinski definition) is 2. The molecule has 1 aromatic carbocycles. The second-order valence-corrected chi connectivity index (χ2v) is 4.43. The van der Waals surface area contributed by atoms with Crippen molar-refractivity contribution in [1.29, 1.82) is 0 Å². The Labute approximate surface area is 101 Å². The Balaban J connectivity index is 2.97. The Morgan fingerprint density at radius 2 is 2.00 bits per heavy atom. The summed E-state index contributed by atoms with van der Waals surface area (Å²) in [6.45, 7) is 3.70. The lowest BCUT2D eigenvalue weighted by atomic mass is 10.1. The van der Waals surface area contributed by atoms with Gasteiger partial charge in [0.1, 0.15) is 0 Å². The molecule has 0 fully saturated rings. The molecule has 1 aromatic rings. The van der Waals surface area contributed by atoms with Crippen molar-refractivity contribution in [2.24, 2.45) is 0 Å². The number of halogens is 1. The first-order valence-corrected chi connectivity index (χ1v) is 5.66. The summed E-state index contributed by atoms with van der Waals surface area (Å²) < 4.78 is 0. The molecule has 4 heteroatoms. The molecule has 3 nitrogen and oxygen atoms in total. The lowest BCUT2D eigenvalue weighted by Gasteiger charge is -2.26. The molecule has 0 saturated carbocycles. The summed E-state index contributed by atoms with van der Waals surface area (Å²) in [7, 11) is 1.90. The predicted octanol–water partition coefficient (Wildman–Crippen LogP) is 2.21. The van der Waals surface area contributed by atoms with Crippen molar-refractivity contribution in [3.8, 4) is 0 Å². The van der Waals surface area contributed by atoms with Crippen molar-refractivity contribution in [1.82, 2.24) is 0 Å². The zero-order valence-electron chi connectivity index (χ0n) is 9.81. The van der Waals surface area contributed by atoms with Crippen LogP contribution >= 0.6 is 11.6 Å². The average molecular weight is 244 g/mol. The van der Waals surface area contributed by atoms with Crippen molar-refractivity contribution in [2.75, 3.05) is 18.6 Å². The van der Waals surface area contributed by atoms with Crippen LogP contribution in [0.15, 0.2) is 18.2 Å².